The third-order valence-electron chi connectivity index (χ3n) is 4.67. The Morgan fingerprint density at radius 2 is 1.84 bits per heavy atom. The third kappa shape index (κ3) is 5.03. The number of carbonyl (C=O) groups is 1. The Labute approximate surface area is 150 Å². The number of amides is 1. The van der Waals surface area contributed by atoms with Crippen LogP contribution in [-0.4, -0.2) is 63.9 Å². The van der Waals surface area contributed by atoms with E-state index >= 15 is 0 Å². The largest absolute Gasteiger partial charge is 0.385 e. The zero-order valence-corrected chi connectivity index (χ0v) is 16.1. The summed E-state index contributed by atoms with van der Waals surface area (Å²) in [7, 11) is -0.111. The molecular formula is C18H28N2O4S. The van der Waals surface area contributed by atoms with Gasteiger partial charge >= 0.3 is 0 Å². The van der Waals surface area contributed by atoms with E-state index in [1.54, 1.807) is 35.5 Å². The summed E-state index contributed by atoms with van der Waals surface area (Å²) in [4.78, 5) is 14.2. The van der Waals surface area contributed by atoms with Crippen LogP contribution < -0.4 is 0 Å². The maximum absolute atomic E-state index is 12.7. The fourth-order valence-electron chi connectivity index (χ4n) is 2.91. The maximum Gasteiger partial charge on any atom is 0.253 e. The van der Waals surface area contributed by atoms with Crippen LogP contribution in [0.2, 0.25) is 0 Å². The monoisotopic (exact) mass is 368 g/mol. The predicted molar refractivity (Wildman–Crippen MR) is 97.1 cm³/mol. The number of ether oxygens (including phenoxy) is 1. The van der Waals surface area contributed by atoms with Crippen molar-refractivity contribution in [2.75, 3.05) is 40.4 Å². The molecule has 0 saturated carbocycles. The first-order chi connectivity index (χ1) is 11.9. The molecule has 7 heteroatoms. The standard InChI is InChI=1S/C18H28N2O4S/c1-15-9-12-20(13-10-15)25(22,23)17-7-5-16(6-8-17)18(21)19(2)11-4-14-24-3/h5-8,15H,4,9-14H2,1-3H3. The van der Waals surface area contributed by atoms with Crippen molar-refractivity contribution >= 4 is 15.9 Å². The zero-order valence-electron chi connectivity index (χ0n) is 15.3. The van der Waals surface area contributed by atoms with Crippen molar-refractivity contribution in [3.63, 3.8) is 0 Å². The van der Waals surface area contributed by atoms with Crippen LogP contribution in [0.5, 0.6) is 0 Å². The van der Waals surface area contributed by atoms with E-state index in [2.05, 4.69) is 6.92 Å². The highest BCUT2D eigenvalue weighted by molar-refractivity contribution is 7.89. The number of hydrogen-bond donors (Lipinski definition) is 0. The molecule has 0 aromatic heterocycles. The van der Waals surface area contributed by atoms with Gasteiger partial charge in [-0.2, -0.15) is 4.31 Å². The normalized spacial score (nSPS) is 16.8. The van der Waals surface area contributed by atoms with Crippen molar-refractivity contribution in [1.82, 2.24) is 9.21 Å². The van der Waals surface area contributed by atoms with Crippen molar-refractivity contribution in [1.29, 1.82) is 0 Å². The van der Waals surface area contributed by atoms with Gasteiger partial charge in [-0.05, 0) is 49.4 Å². The molecule has 140 valence electrons. The molecule has 1 heterocycles. The predicted octanol–water partition coefficient (Wildman–Crippen LogP) is 2.22. The van der Waals surface area contributed by atoms with Gasteiger partial charge in [-0.25, -0.2) is 8.42 Å². The number of sulfonamides is 1. The molecule has 0 radical (unpaired) electrons. The molecule has 6 nitrogen and oxygen atoms in total. The first kappa shape index (κ1) is 19.9. The van der Waals surface area contributed by atoms with Gasteiger partial charge in [-0.3, -0.25) is 4.79 Å². The molecule has 2 rings (SSSR count). The lowest BCUT2D eigenvalue weighted by atomic mass is 10.0. The molecule has 0 aliphatic carbocycles. The van der Waals surface area contributed by atoms with E-state index in [1.807, 2.05) is 0 Å². The minimum atomic E-state index is -3.47. The quantitative estimate of drug-likeness (QED) is 0.692. The number of hydrogen-bond acceptors (Lipinski definition) is 4. The molecule has 1 saturated heterocycles. The number of benzene rings is 1. The van der Waals surface area contributed by atoms with E-state index < -0.39 is 10.0 Å². The minimum absolute atomic E-state index is 0.119. The summed E-state index contributed by atoms with van der Waals surface area (Å²) in [5.41, 5.74) is 0.492. The van der Waals surface area contributed by atoms with Gasteiger partial charge in [0.1, 0.15) is 0 Å². The van der Waals surface area contributed by atoms with Crippen molar-refractivity contribution in [3.05, 3.63) is 29.8 Å². The van der Waals surface area contributed by atoms with E-state index in [-0.39, 0.29) is 10.8 Å². The van der Waals surface area contributed by atoms with Gasteiger partial charge < -0.3 is 9.64 Å². The maximum atomic E-state index is 12.7. The van der Waals surface area contributed by atoms with E-state index in [4.69, 9.17) is 4.74 Å². The first-order valence-corrected chi connectivity index (χ1v) is 10.1. The molecule has 0 atom stereocenters. The van der Waals surface area contributed by atoms with E-state index in [1.165, 1.54) is 12.1 Å². The molecular weight excluding hydrogens is 340 g/mol. The average molecular weight is 368 g/mol. The number of carbonyl (C=O) groups excluding carboxylic acids is 1. The van der Waals surface area contributed by atoms with E-state index in [0.29, 0.717) is 37.7 Å². The van der Waals surface area contributed by atoms with E-state index in [0.717, 1.165) is 19.3 Å². The molecule has 1 aliphatic heterocycles. The summed E-state index contributed by atoms with van der Waals surface area (Å²) >= 11 is 0. The van der Waals surface area contributed by atoms with Crippen LogP contribution in [0.3, 0.4) is 0 Å². The Bertz CT molecular complexity index is 665. The number of nitrogens with zero attached hydrogens (tertiary/aromatic N) is 2. The molecule has 1 aromatic carbocycles. The van der Waals surface area contributed by atoms with Gasteiger partial charge in [0.05, 0.1) is 4.90 Å². The molecule has 0 bridgehead atoms. The van der Waals surface area contributed by atoms with Gasteiger partial charge in [0.15, 0.2) is 0 Å². The van der Waals surface area contributed by atoms with Gasteiger partial charge in [-0.1, -0.05) is 6.92 Å². The third-order valence-corrected chi connectivity index (χ3v) is 6.58. The Morgan fingerprint density at radius 1 is 1.24 bits per heavy atom. The summed E-state index contributed by atoms with van der Waals surface area (Å²) in [6.45, 7) is 4.47. The lowest BCUT2D eigenvalue weighted by Gasteiger charge is -2.29. The Hall–Kier alpha value is -1.44. The summed E-state index contributed by atoms with van der Waals surface area (Å²) in [6, 6.07) is 6.25. The highest BCUT2D eigenvalue weighted by Crippen LogP contribution is 2.23. The number of rotatable bonds is 7. The molecule has 1 fully saturated rings. The number of methoxy groups -OCH3 is 1. The summed E-state index contributed by atoms with van der Waals surface area (Å²) in [5, 5.41) is 0. The van der Waals surface area contributed by atoms with Crippen LogP contribution in [0.25, 0.3) is 0 Å². The number of piperidine rings is 1. The van der Waals surface area contributed by atoms with Crippen molar-refractivity contribution in [2.45, 2.75) is 31.1 Å². The van der Waals surface area contributed by atoms with Crippen molar-refractivity contribution in [3.8, 4) is 0 Å². The second kappa shape index (κ2) is 8.78. The molecule has 1 amide bonds. The van der Waals surface area contributed by atoms with E-state index in [9.17, 15) is 13.2 Å². The van der Waals surface area contributed by atoms with Crippen LogP contribution in [0, 0.1) is 5.92 Å². The fourth-order valence-corrected chi connectivity index (χ4v) is 4.38. The second-order valence-corrected chi connectivity index (χ2v) is 8.62. The molecule has 0 unspecified atom stereocenters. The molecule has 1 aliphatic rings. The second-order valence-electron chi connectivity index (χ2n) is 6.68. The Balaban J connectivity index is 2.04. The smallest absolute Gasteiger partial charge is 0.253 e. The highest BCUT2D eigenvalue weighted by Gasteiger charge is 2.28. The zero-order chi connectivity index (χ0) is 18.4. The van der Waals surface area contributed by atoms with Gasteiger partial charge in [0.25, 0.3) is 5.91 Å². The minimum Gasteiger partial charge on any atom is -0.385 e. The van der Waals surface area contributed by atoms with Gasteiger partial charge in [0, 0.05) is 46.0 Å². The molecule has 0 spiro atoms. The average Bonchev–Trinajstić information content (AvgIpc) is 2.61. The fraction of sp³-hybridized carbons (Fsp3) is 0.611. The van der Waals surface area contributed by atoms with Crippen molar-refractivity contribution in [2.24, 2.45) is 5.92 Å². The Morgan fingerprint density at radius 3 is 2.40 bits per heavy atom. The lowest BCUT2D eigenvalue weighted by molar-refractivity contribution is 0.0779. The lowest BCUT2D eigenvalue weighted by Crippen LogP contribution is -2.37. The molecule has 25 heavy (non-hydrogen) atoms. The van der Waals surface area contributed by atoms with Crippen LogP contribution in [0.1, 0.15) is 36.5 Å². The summed E-state index contributed by atoms with van der Waals surface area (Å²) in [6.07, 6.45) is 2.54. The van der Waals surface area contributed by atoms with Crippen LogP contribution in [0.15, 0.2) is 29.2 Å². The van der Waals surface area contributed by atoms with Crippen LogP contribution in [0.4, 0.5) is 0 Å². The highest BCUT2D eigenvalue weighted by atomic mass is 32.2. The van der Waals surface area contributed by atoms with Crippen LogP contribution >= 0.6 is 0 Å². The topological polar surface area (TPSA) is 66.9 Å². The Kier molecular flexibility index (Phi) is 6.98. The van der Waals surface area contributed by atoms with Gasteiger partial charge in [0.2, 0.25) is 10.0 Å². The van der Waals surface area contributed by atoms with Crippen molar-refractivity contribution < 1.29 is 17.9 Å². The van der Waals surface area contributed by atoms with Gasteiger partial charge in [-0.15, -0.1) is 0 Å². The van der Waals surface area contributed by atoms with Crippen LogP contribution in [-0.2, 0) is 14.8 Å². The molecule has 0 N–H and O–H groups in total. The SMILES string of the molecule is COCCCN(C)C(=O)c1ccc(S(=O)(=O)N2CCC(C)CC2)cc1. The molecule has 1 aromatic rings. The summed E-state index contributed by atoms with van der Waals surface area (Å²) in [5.74, 6) is 0.451. The first-order valence-electron chi connectivity index (χ1n) is 8.71. The summed E-state index contributed by atoms with van der Waals surface area (Å²) < 4.78 is 31.9.